The van der Waals surface area contributed by atoms with Gasteiger partial charge in [-0.15, -0.1) is 11.3 Å². The Labute approximate surface area is 153 Å². The summed E-state index contributed by atoms with van der Waals surface area (Å²) in [7, 11) is 0. The summed E-state index contributed by atoms with van der Waals surface area (Å²) >= 11 is 1.20. The van der Waals surface area contributed by atoms with E-state index >= 15 is 0 Å². The van der Waals surface area contributed by atoms with Gasteiger partial charge in [-0.3, -0.25) is 19.7 Å². The van der Waals surface area contributed by atoms with Gasteiger partial charge in [-0.1, -0.05) is 0 Å². The second kappa shape index (κ2) is 7.09. The van der Waals surface area contributed by atoms with E-state index in [-0.39, 0.29) is 23.6 Å². The SMILES string of the molecule is CC(=O)c1ccc(NC(=O)Nc2sc3c(c2C(N)=O)CCC(=O)C3)cc1. The predicted octanol–water partition coefficient (Wildman–Crippen LogP) is 2.75. The van der Waals surface area contributed by atoms with Crippen LogP contribution in [0.1, 0.15) is 44.5 Å². The average molecular weight is 371 g/mol. The maximum Gasteiger partial charge on any atom is 0.324 e. The normalized spacial score (nSPS) is 13.0. The molecule has 7 nitrogen and oxygen atoms in total. The molecule has 26 heavy (non-hydrogen) atoms. The van der Waals surface area contributed by atoms with Crippen LogP contribution in [0.4, 0.5) is 15.5 Å². The summed E-state index contributed by atoms with van der Waals surface area (Å²) in [6.07, 6.45) is 1.09. The summed E-state index contributed by atoms with van der Waals surface area (Å²) in [4.78, 5) is 47.7. The molecule has 0 aliphatic heterocycles. The average Bonchev–Trinajstić information content (AvgIpc) is 2.91. The fourth-order valence-electron chi connectivity index (χ4n) is 2.85. The van der Waals surface area contributed by atoms with Crippen LogP contribution in [0.3, 0.4) is 0 Å². The van der Waals surface area contributed by atoms with Crippen molar-refractivity contribution in [3.63, 3.8) is 0 Å². The van der Waals surface area contributed by atoms with Crippen molar-refractivity contribution in [2.24, 2.45) is 5.73 Å². The van der Waals surface area contributed by atoms with Gasteiger partial charge < -0.3 is 11.1 Å². The van der Waals surface area contributed by atoms with Crippen LogP contribution in [0.25, 0.3) is 0 Å². The van der Waals surface area contributed by atoms with Crippen molar-refractivity contribution >= 4 is 45.5 Å². The van der Waals surface area contributed by atoms with Crippen LogP contribution in [-0.2, 0) is 17.6 Å². The number of fused-ring (bicyclic) bond motifs is 1. The quantitative estimate of drug-likeness (QED) is 0.716. The Bertz CT molecular complexity index is 915. The van der Waals surface area contributed by atoms with E-state index in [2.05, 4.69) is 10.6 Å². The van der Waals surface area contributed by atoms with Gasteiger partial charge in [-0.2, -0.15) is 0 Å². The number of carbonyl (C=O) groups excluding carboxylic acids is 4. The molecule has 1 aromatic carbocycles. The maximum absolute atomic E-state index is 12.3. The van der Waals surface area contributed by atoms with Gasteiger partial charge in [0, 0.05) is 29.0 Å². The summed E-state index contributed by atoms with van der Waals surface area (Å²) in [5.41, 5.74) is 7.55. The van der Waals surface area contributed by atoms with Crippen molar-refractivity contribution in [1.82, 2.24) is 0 Å². The molecule has 1 aliphatic rings. The lowest BCUT2D eigenvalue weighted by atomic mass is 9.94. The smallest absolute Gasteiger partial charge is 0.324 e. The molecule has 0 unspecified atom stereocenters. The molecule has 134 valence electrons. The molecule has 0 fully saturated rings. The minimum Gasteiger partial charge on any atom is -0.365 e. The van der Waals surface area contributed by atoms with E-state index in [9.17, 15) is 19.2 Å². The number of carbonyl (C=O) groups is 4. The minimum absolute atomic E-state index is 0.0641. The number of Topliss-reactive ketones (excluding diaryl/α,β-unsaturated/α-hetero) is 2. The molecule has 8 heteroatoms. The Balaban J connectivity index is 1.78. The second-order valence-corrected chi connectivity index (χ2v) is 7.11. The first-order chi connectivity index (χ1) is 12.3. The van der Waals surface area contributed by atoms with Crippen molar-refractivity contribution in [3.8, 4) is 0 Å². The number of hydrogen-bond donors (Lipinski definition) is 3. The first-order valence-corrected chi connectivity index (χ1v) is 8.82. The van der Waals surface area contributed by atoms with Gasteiger partial charge in [0.2, 0.25) is 0 Å². The zero-order valence-corrected chi connectivity index (χ0v) is 14.9. The van der Waals surface area contributed by atoms with Crippen LogP contribution in [0.5, 0.6) is 0 Å². The van der Waals surface area contributed by atoms with Crippen molar-refractivity contribution in [2.45, 2.75) is 26.2 Å². The van der Waals surface area contributed by atoms with Gasteiger partial charge in [0.1, 0.15) is 10.8 Å². The van der Waals surface area contributed by atoms with E-state index in [0.717, 1.165) is 10.4 Å². The molecular weight excluding hydrogens is 354 g/mol. The van der Waals surface area contributed by atoms with E-state index in [1.54, 1.807) is 24.3 Å². The van der Waals surface area contributed by atoms with E-state index in [1.165, 1.54) is 18.3 Å². The molecule has 0 saturated carbocycles. The summed E-state index contributed by atoms with van der Waals surface area (Å²) in [5.74, 6) is -0.583. The van der Waals surface area contributed by atoms with Crippen molar-refractivity contribution in [2.75, 3.05) is 10.6 Å². The number of amides is 3. The number of nitrogens with two attached hydrogens (primary N) is 1. The minimum atomic E-state index is -0.627. The zero-order chi connectivity index (χ0) is 18.8. The van der Waals surface area contributed by atoms with Crippen LogP contribution in [0.15, 0.2) is 24.3 Å². The Kier molecular flexibility index (Phi) is 4.85. The largest absolute Gasteiger partial charge is 0.365 e. The number of hydrogen-bond acceptors (Lipinski definition) is 5. The molecule has 1 heterocycles. The third-order valence-electron chi connectivity index (χ3n) is 4.13. The maximum atomic E-state index is 12.3. The summed E-state index contributed by atoms with van der Waals surface area (Å²) < 4.78 is 0. The van der Waals surface area contributed by atoms with Gasteiger partial charge in [0.15, 0.2) is 5.78 Å². The van der Waals surface area contributed by atoms with Crippen LogP contribution in [0.2, 0.25) is 0 Å². The molecule has 0 bridgehead atoms. The lowest BCUT2D eigenvalue weighted by Crippen LogP contribution is -2.22. The standard InChI is InChI=1S/C18H17N3O4S/c1-9(22)10-2-4-11(5-3-10)20-18(25)21-17-15(16(19)24)13-7-6-12(23)8-14(13)26-17/h2-5H,6-8H2,1H3,(H2,19,24)(H2,20,21,25). The highest BCUT2D eigenvalue weighted by atomic mass is 32.1. The van der Waals surface area contributed by atoms with Gasteiger partial charge >= 0.3 is 6.03 Å². The predicted molar refractivity (Wildman–Crippen MR) is 99.0 cm³/mol. The van der Waals surface area contributed by atoms with E-state index in [1.807, 2.05) is 0 Å². The van der Waals surface area contributed by atoms with Gasteiger partial charge in [-0.25, -0.2) is 4.79 Å². The van der Waals surface area contributed by atoms with Crippen LogP contribution < -0.4 is 16.4 Å². The van der Waals surface area contributed by atoms with E-state index < -0.39 is 11.9 Å². The fourth-order valence-corrected chi connectivity index (χ4v) is 4.13. The van der Waals surface area contributed by atoms with Crippen molar-refractivity contribution in [1.29, 1.82) is 0 Å². The van der Waals surface area contributed by atoms with Gasteiger partial charge in [0.25, 0.3) is 5.91 Å². The number of anilines is 2. The number of primary amides is 1. The lowest BCUT2D eigenvalue weighted by molar-refractivity contribution is -0.118. The molecule has 0 atom stereocenters. The molecular formula is C18H17N3O4S. The third-order valence-corrected chi connectivity index (χ3v) is 5.27. The van der Waals surface area contributed by atoms with Crippen LogP contribution in [0, 0.1) is 0 Å². The molecule has 0 saturated heterocycles. The first-order valence-electron chi connectivity index (χ1n) is 8.00. The monoisotopic (exact) mass is 371 g/mol. The molecule has 1 aliphatic carbocycles. The second-order valence-electron chi connectivity index (χ2n) is 6.00. The number of thiophene rings is 1. The Hall–Kier alpha value is -3.00. The number of urea groups is 1. The number of ketones is 2. The fraction of sp³-hybridized carbons (Fsp3) is 0.222. The molecule has 3 amide bonds. The summed E-state index contributed by atoms with van der Waals surface area (Å²) in [6, 6.07) is 5.92. The van der Waals surface area contributed by atoms with E-state index in [4.69, 9.17) is 5.73 Å². The van der Waals surface area contributed by atoms with Crippen molar-refractivity contribution in [3.05, 3.63) is 45.8 Å². The Morgan fingerprint density at radius 1 is 1.08 bits per heavy atom. The van der Waals surface area contributed by atoms with Crippen LogP contribution in [-0.4, -0.2) is 23.5 Å². The highest BCUT2D eigenvalue weighted by Crippen LogP contribution is 2.37. The number of nitrogens with one attached hydrogen (secondary N) is 2. The molecule has 2 aromatic rings. The van der Waals surface area contributed by atoms with Crippen LogP contribution >= 0.6 is 11.3 Å². The molecule has 3 rings (SSSR count). The van der Waals surface area contributed by atoms with Crippen molar-refractivity contribution < 1.29 is 19.2 Å². The highest BCUT2D eigenvalue weighted by molar-refractivity contribution is 7.17. The zero-order valence-electron chi connectivity index (χ0n) is 14.0. The number of benzene rings is 1. The van der Waals surface area contributed by atoms with Gasteiger partial charge in [-0.05, 0) is 43.2 Å². The third kappa shape index (κ3) is 3.65. The van der Waals surface area contributed by atoms with E-state index in [0.29, 0.717) is 29.1 Å². The molecule has 0 radical (unpaired) electrons. The first kappa shape index (κ1) is 17.8. The highest BCUT2D eigenvalue weighted by Gasteiger charge is 2.27. The number of rotatable bonds is 4. The summed E-state index contributed by atoms with van der Waals surface area (Å²) in [5, 5.41) is 5.62. The molecule has 0 spiro atoms. The Morgan fingerprint density at radius 3 is 2.38 bits per heavy atom. The molecule has 1 aromatic heterocycles. The lowest BCUT2D eigenvalue weighted by Gasteiger charge is -2.11. The van der Waals surface area contributed by atoms with Gasteiger partial charge in [0.05, 0.1) is 5.56 Å². The summed E-state index contributed by atoms with van der Waals surface area (Å²) in [6.45, 7) is 1.46. The Morgan fingerprint density at radius 2 is 1.77 bits per heavy atom. The molecule has 4 N–H and O–H groups in total. The topological polar surface area (TPSA) is 118 Å².